The maximum absolute atomic E-state index is 14.1. The molecule has 1 aromatic carbocycles. The van der Waals surface area contributed by atoms with Gasteiger partial charge < -0.3 is 15.2 Å². The number of benzene rings is 1. The van der Waals surface area contributed by atoms with Crippen LogP contribution in [-0.4, -0.2) is 26.5 Å². The van der Waals surface area contributed by atoms with E-state index in [1.54, 1.807) is 36.0 Å². The smallest absolute Gasteiger partial charge is 0.270 e. The van der Waals surface area contributed by atoms with Crippen LogP contribution in [0.3, 0.4) is 0 Å². The number of carbonyl (C=O) groups excluding carboxylic acids is 1. The molecule has 8 heteroatoms. The Morgan fingerprint density at radius 3 is 2.73 bits per heavy atom. The molecule has 2 aliphatic carbocycles. The SMILES string of the molecule is Cn1c(Nc2c(F)cccc2Cl)nc2cc(C(=O)NC3CCC4(CC3)CC4)ncc21. The monoisotopic (exact) mass is 427 g/mol. The topological polar surface area (TPSA) is 71.8 Å². The number of hydrogen-bond donors (Lipinski definition) is 2. The van der Waals surface area contributed by atoms with E-state index in [1.165, 1.54) is 31.7 Å². The molecule has 30 heavy (non-hydrogen) atoms. The van der Waals surface area contributed by atoms with Gasteiger partial charge in [0.05, 0.1) is 27.9 Å². The number of aromatic nitrogens is 3. The third-order valence-corrected chi connectivity index (χ3v) is 6.85. The molecule has 0 aliphatic heterocycles. The Morgan fingerprint density at radius 1 is 1.27 bits per heavy atom. The highest BCUT2D eigenvalue weighted by Gasteiger charge is 2.44. The van der Waals surface area contributed by atoms with Crippen molar-refractivity contribution in [2.75, 3.05) is 5.32 Å². The van der Waals surface area contributed by atoms with Gasteiger partial charge in [-0.25, -0.2) is 14.4 Å². The van der Waals surface area contributed by atoms with Crippen molar-refractivity contribution in [2.24, 2.45) is 12.5 Å². The number of hydrogen-bond acceptors (Lipinski definition) is 4. The highest BCUT2D eigenvalue weighted by molar-refractivity contribution is 6.33. The molecule has 156 valence electrons. The lowest BCUT2D eigenvalue weighted by Gasteiger charge is -2.28. The maximum atomic E-state index is 14.1. The standard InChI is InChI=1S/C22H23ClFN5O/c1-29-18-12-25-17(20(30)26-13-5-7-22(8-6-13)9-10-22)11-16(18)27-21(29)28-19-14(23)3-2-4-15(19)24/h2-4,11-13H,5-10H2,1H3,(H,26,30)(H,27,28). The first-order valence-electron chi connectivity index (χ1n) is 10.3. The van der Waals surface area contributed by atoms with E-state index in [2.05, 4.69) is 20.6 Å². The molecule has 2 aromatic heterocycles. The summed E-state index contributed by atoms with van der Waals surface area (Å²) in [6.45, 7) is 0. The molecule has 3 aromatic rings. The molecule has 0 atom stereocenters. The van der Waals surface area contributed by atoms with Crippen molar-refractivity contribution in [3.63, 3.8) is 0 Å². The van der Waals surface area contributed by atoms with Crippen LogP contribution in [0, 0.1) is 11.2 Å². The lowest BCUT2D eigenvalue weighted by Crippen LogP contribution is -2.38. The number of para-hydroxylation sites is 1. The Labute approximate surface area is 178 Å². The minimum Gasteiger partial charge on any atom is -0.348 e. The van der Waals surface area contributed by atoms with Gasteiger partial charge in [-0.05, 0) is 62.1 Å². The molecule has 2 N–H and O–H groups in total. The van der Waals surface area contributed by atoms with E-state index in [1.807, 2.05) is 0 Å². The summed E-state index contributed by atoms with van der Waals surface area (Å²) >= 11 is 6.11. The molecular weight excluding hydrogens is 405 g/mol. The fraction of sp³-hybridized carbons (Fsp3) is 0.409. The third-order valence-electron chi connectivity index (χ3n) is 6.54. The van der Waals surface area contributed by atoms with Crippen molar-refractivity contribution < 1.29 is 9.18 Å². The zero-order chi connectivity index (χ0) is 20.9. The number of fused-ring (bicyclic) bond motifs is 1. The summed E-state index contributed by atoms with van der Waals surface area (Å²) in [4.78, 5) is 21.6. The predicted molar refractivity (Wildman–Crippen MR) is 115 cm³/mol. The molecule has 2 saturated carbocycles. The first-order valence-corrected chi connectivity index (χ1v) is 10.7. The van der Waals surface area contributed by atoms with Crippen molar-refractivity contribution in [1.82, 2.24) is 19.9 Å². The molecule has 1 amide bonds. The first-order chi connectivity index (χ1) is 14.4. The van der Waals surface area contributed by atoms with E-state index >= 15 is 0 Å². The average molecular weight is 428 g/mol. The number of amides is 1. The fourth-order valence-corrected chi connectivity index (χ4v) is 4.57. The summed E-state index contributed by atoms with van der Waals surface area (Å²) in [6.07, 6.45) is 8.80. The number of carbonyl (C=O) groups is 1. The lowest BCUT2D eigenvalue weighted by molar-refractivity contribution is 0.0914. The van der Waals surface area contributed by atoms with Gasteiger partial charge in [-0.3, -0.25) is 4.79 Å². The molecule has 5 rings (SSSR count). The van der Waals surface area contributed by atoms with Crippen LogP contribution < -0.4 is 10.6 Å². The van der Waals surface area contributed by atoms with Crippen LogP contribution in [0.2, 0.25) is 5.02 Å². The van der Waals surface area contributed by atoms with Gasteiger partial charge in [-0.1, -0.05) is 17.7 Å². The van der Waals surface area contributed by atoms with Gasteiger partial charge in [0.15, 0.2) is 0 Å². The number of pyridine rings is 1. The zero-order valence-electron chi connectivity index (χ0n) is 16.7. The van der Waals surface area contributed by atoms with Crippen LogP contribution >= 0.6 is 11.6 Å². The van der Waals surface area contributed by atoms with E-state index < -0.39 is 5.82 Å². The normalized spacial score (nSPS) is 18.0. The fourth-order valence-electron chi connectivity index (χ4n) is 4.36. The lowest BCUT2D eigenvalue weighted by atomic mass is 9.83. The van der Waals surface area contributed by atoms with E-state index in [0.717, 1.165) is 18.4 Å². The van der Waals surface area contributed by atoms with Crippen molar-refractivity contribution >= 4 is 40.2 Å². The van der Waals surface area contributed by atoms with Crippen molar-refractivity contribution in [2.45, 2.75) is 44.6 Å². The van der Waals surface area contributed by atoms with E-state index in [4.69, 9.17) is 11.6 Å². The Balaban J connectivity index is 1.35. The maximum Gasteiger partial charge on any atom is 0.270 e. The largest absolute Gasteiger partial charge is 0.348 e. The second-order valence-electron chi connectivity index (χ2n) is 8.52. The molecule has 0 bridgehead atoms. The van der Waals surface area contributed by atoms with Gasteiger partial charge in [0.1, 0.15) is 11.5 Å². The van der Waals surface area contributed by atoms with Crippen LogP contribution in [-0.2, 0) is 7.05 Å². The number of nitrogens with one attached hydrogen (secondary N) is 2. The van der Waals surface area contributed by atoms with Crippen LogP contribution in [0.5, 0.6) is 0 Å². The van der Waals surface area contributed by atoms with Crippen LogP contribution in [0.25, 0.3) is 11.0 Å². The summed E-state index contributed by atoms with van der Waals surface area (Å²) in [6, 6.07) is 6.37. The van der Waals surface area contributed by atoms with Gasteiger partial charge in [0, 0.05) is 13.1 Å². The molecular formula is C22H23ClFN5O. The highest BCUT2D eigenvalue weighted by atomic mass is 35.5. The Hall–Kier alpha value is -2.67. The quantitative estimate of drug-likeness (QED) is 0.617. The average Bonchev–Trinajstić information content (AvgIpc) is 3.42. The second-order valence-corrected chi connectivity index (χ2v) is 8.93. The third kappa shape index (κ3) is 3.51. The predicted octanol–water partition coefficient (Wildman–Crippen LogP) is 4.96. The van der Waals surface area contributed by atoms with Crippen LogP contribution in [0.4, 0.5) is 16.0 Å². The van der Waals surface area contributed by atoms with Gasteiger partial charge in [-0.15, -0.1) is 0 Å². The summed E-state index contributed by atoms with van der Waals surface area (Å²) < 4.78 is 15.9. The van der Waals surface area contributed by atoms with E-state index in [-0.39, 0.29) is 22.7 Å². The molecule has 0 saturated heterocycles. The Bertz CT molecular complexity index is 1110. The van der Waals surface area contributed by atoms with Gasteiger partial charge in [-0.2, -0.15) is 0 Å². The second kappa shape index (κ2) is 7.23. The molecule has 0 unspecified atom stereocenters. The van der Waals surface area contributed by atoms with Crippen molar-refractivity contribution in [3.8, 4) is 0 Å². The zero-order valence-corrected chi connectivity index (χ0v) is 17.5. The molecule has 2 fully saturated rings. The minimum absolute atomic E-state index is 0.161. The highest BCUT2D eigenvalue weighted by Crippen LogP contribution is 2.56. The number of imidazole rings is 1. The molecule has 0 radical (unpaired) electrons. The van der Waals surface area contributed by atoms with Gasteiger partial charge in [0.25, 0.3) is 5.91 Å². The van der Waals surface area contributed by atoms with Crippen molar-refractivity contribution in [1.29, 1.82) is 0 Å². The van der Waals surface area contributed by atoms with Crippen LogP contribution in [0.15, 0.2) is 30.5 Å². The number of halogens is 2. The van der Waals surface area contributed by atoms with Gasteiger partial charge >= 0.3 is 0 Å². The van der Waals surface area contributed by atoms with Gasteiger partial charge in [0.2, 0.25) is 5.95 Å². The summed E-state index contributed by atoms with van der Waals surface area (Å²) in [5, 5.41) is 6.33. The molecule has 1 spiro atoms. The summed E-state index contributed by atoms with van der Waals surface area (Å²) in [7, 11) is 1.80. The molecule has 2 heterocycles. The van der Waals surface area contributed by atoms with E-state index in [9.17, 15) is 9.18 Å². The van der Waals surface area contributed by atoms with Crippen molar-refractivity contribution in [3.05, 3.63) is 47.0 Å². The Kier molecular flexibility index (Phi) is 4.65. The number of anilines is 2. The molecule has 2 aliphatic rings. The number of rotatable bonds is 4. The summed E-state index contributed by atoms with van der Waals surface area (Å²) in [5.41, 5.74) is 2.43. The number of aryl methyl sites for hydroxylation is 1. The first kappa shape index (κ1) is 19.3. The minimum atomic E-state index is -0.465. The number of nitrogens with zero attached hydrogens (tertiary/aromatic N) is 3. The van der Waals surface area contributed by atoms with Crippen LogP contribution in [0.1, 0.15) is 49.0 Å². The molecule has 6 nitrogen and oxygen atoms in total. The summed E-state index contributed by atoms with van der Waals surface area (Å²) in [5.74, 6) is -0.225. The Morgan fingerprint density at radius 2 is 2.03 bits per heavy atom. The van der Waals surface area contributed by atoms with E-state index in [0.29, 0.717) is 22.6 Å².